The van der Waals surface area contributed by atoms with Crippen molar-refractivity contribution in [2.24, 2.45) is 5.92 Å². The lowest BCUT2D eigenvalue weighted by molar-refractivity contribution is -0.122. The van der Waals surface area contributed by atoms with Gasteiger partial charge < -0.3 is 10.4 Å². The van der Waals surface area contributed by atoms with Crippen molar-refractivity contribution in [2.45, 2.75) is 44.2 Å². The van der Waals surface area contributed by atoms with Gasteiger partial charge in [0.25, 0.3) is 0 Å². The summed E-state index contributed by atoms with van der Waals surface area (Å²) in [5, 5.41) is 12.8. The zero-order chi connectivity index (χ0) is 13.0. The Kier molecular flexibility index (Phi) is 4.78. The van der Waals surface area contributed by atoms with Crippen molar-refractivity contribution in [3.8, 4) is 0 Å². The second-order valence-corrected chi connectivity index (χ2v) is 5.43. The van der Waals surface area contributed by atoms with Crippen LogP contribution in [0.25, 0.3) is 0 Å². The summed E-state index contributed by atoms with van der Waals surface area (Å²) in [6, 6.07) is 0.400. The van der Waals surface area contributed by atoms with Crippen LogP contribution in [0.4, 0.5) is 0 Å². The van der Waals surface area contributed by atoms with Crippen LogP contribution in [0.1, 0.15) is 32.1 Å². The third-order valence-electron chi connectivity index (χ3n) is 4.23. The number of aliphatic hydroxyl groups excluding tert-OH is 1. The number of rotatable bonds is 5. The minimum atomic E-state index is -0.160. The van der Waals surface area contributed by atoms with Gasteiger partial charge in [0.15, 0.2) is 0 Å². The fraction of sp³-hybridized carbons (Fsp3) is 0.786. The molecule has 1 aliphatic carbocycles. The molecule has 3 atom stereocenters. The Morgan fingerprint density at radius 2 is 2.22 bits per heavy atom. The van der Waals surface area contributed by atoms with Gasteiger partial charge in [-0.15, -0.1) is 6.58 Å². The third kappa shape index (κ3) is 3.12. The van der Waals surface area contributed by atoms with Crippen molar-refractivity contribution in [3.63, 3.8) is 0 Å². The molecule has 0 aromatic rings. The van der Waals surface area contributed by atoms with Gasteiger partial charge >= 0.3 is 0 Å². The van der Waals surface area contributed by atoms with Gasteiger partial charge in [-0.05, 0) is 32.2 Å². The standard InChI is InChI=1S/C14H24N2O2/c1-2-8-15-14(18)10-16-9-4-6-12(16)11-5-3-7-13(11)17/h2,11-13,17H,1,3-10H2,(H,15,18). The largest absolute Gasteiger partial charge is 0.393 e. The minimum Gasteiger partial charge on any atom is -0.393 e. The summed E-state index contributed by atoms with van der Waals surface area (Å²) in [7, 11) is 0. The van der Waals surface area contributed by atoms with Gasteiger partial charge in [-0.2, -0.15) is 0 Å². The van der Waals surface area contributed by atoms with Crippen LogP contribution in [0.3, 0.4) is 0 Å². The van der Waals surface area contributed by atoms with Crippen LogP contribution < -0.4 is 5.32 Å². The maximum atomic E-state index is 11.7. The molecule has 2 N–H and O–H groups in total. The molecule has 0 spiro atoms. The second kappa shape index (κ2) is 6.34. The van der Waals surface area contributed by atoms with Crippen LogP contribution in [-0.2, 0) is 4.79 Å². The van der Waals surface area contributed by atoms with E-state index >= 15 is 0 Å². The zero-order valence-corrected chi connectivity index (χ0v) is 11.0. The molecule has 1 saturated heterocycles. The first-order valence-electron chi connectivity index (χ1n) is 7.02. The van der Waals surface area contributed by atoms with E-state index in [-0.39, 0.29) is 12.0 Å². The lowest BCUT2D eigenvalue weighted by Gasteiger charge is -2.30. The van der Waals surface area contributed by atoms with Crippen LogP contribution in [0.15, 0.2) is 12.7 Å². The highest BCUT2D eigenvalue weighted by atomic mass is 16.3. The summed E-state index contributed by atoms with van der Waals surface area (Å²) in [6.07, 6.45) is 6.96. The predicted octanol–water partition coefficient (Wildman–Crippen LogP) is 0.914. The van der Waals surface area contributed by atoms with Gasteiger partial charge in [0.05, 0.1) is 12.6 Å². The van der Waals surface area contributed by atoms with E-state index in [1.807, 2.05) is 0 Å². The molecule has 2 fully saturated rings. The van der Waals surface area contributed by atoms with Crippen LogP contribution in [0.5, 0.6) is 0 Å². The Balaban J connectivity index is 1.87. The fourth-order valence-electron chi connectivity index (χ4n) is 3.38. The summed E-state index contributed by atoms with van der Waals surface area (Å²) in [5.41, 5.74) is 0. The van der Waals surface area contributed by atoms with Gasteiger partial charge in [-0.25, -0.2) is 0 Å². The Morgan fingerprint density at radius 1 is 1.39 bits per heavy atom. The molecule has 0 aromatic heterocycles. The summed E-state index contributed by atoms with van der Waals surface area (Å²) < 4.78 is 0. The first-order valence-corrected chi connectivity index (χ1v) is 7.02. The van der Waals surface area contributed by atoms with E-state index in [1.165, 1.54) is 0 Å². The quantitative estimate of drug-likeness (QED) is 0.715. The van der Waals surface area contributed by atoms with Crippen molar-refractivity contribution in [1.82, 2.24) is 10.2 Å². The van der Waals surface area contributed by atoms with Crippen LogP contribution in [-0.4, -0.2) is 47.7 Å². The van der Waals surface area contributed by atoms with E-state index in [1.54, 1.807) is 6.08 Å². The highest BCUT2D eigenvalue weighted by Crippen LogP contribution is 2.35. The van der Waals surface area contributed by atoms with Crippen molar-refractivity contribution in [1.29, 1.82) is 0 Å². The zero-order valence-electron chi connectivity index (χ0n) is 11.0. The highest BCUT2D eigenvalue weighted by Gasteiger charge is 2.38. The molecule has 1 amide bonds. The summed E-state index contributed by atoms with van der Waals surface area (Å²) in [4.78, 5) is 14.0. The number of aliphatic hydroxyl groups is 1. The molecule has 2 rings (SSSR count). The number of nitrogens with zero attached hydrogens (tertiary/aromatic N) is 1. The second-order valence-electron chi connectivity index (χ2n) is 5.43. The Morgan fingerprint density at radius 3 is 2.89 bits per heavy atom. The molecule has 0 bridgehead atoms. The van der Waals surface area contributed by atoms with Gasteiger partial charge in [-0.1, -0.05) is 12.5 Å². The molecule has 0 aromatic carbocycles. The molecule has 3 unspecified atom stereocenters. The minimum absolute atomic E-state index is 0.0642. The average Bonchev–Trinajstić information content (AvgIpc) is 2.95. The molecule has 1 saturated carbocycles. The number of likely N-dealkylation sites (tertiary alicyclic amines) is 1. The van der Waals surface area contributed by atoms with E-state index in [0.717, 1.165) is 38.6 Å². The van der Waals surface area contributed by atoms with Gasteiger partial charge in [0.1, 0.15) is 0 Å². The molecular formula is C14H24N2O2. The molecule has 4 heteroatoms. The molecule has 18 heavy (non-hydrogen) atoms. The van der Waals surface area contributed by atoms with Crippen LogP contribution >= 0.6 is 0 Å². The maximum absolute atomic E-state index is 11.7. The predicted molar refractivity (Wildman–Crippen MR) is 71.1 cm³/mol. The van der Waals surface area contributed by atoms with E-state index in [0.29, 0.717) is 25.0 Å². The normalized spacial score (nSPS) is 32.6. The summed E-state index contributed by atoms with van der Waals surface area (Å²) in [6.45, 7) is 5.56. The lowest BCUT2D eigenvalue weighted by atomic mass is 9.94. The maximum Gasteiger partial charge on any atom is 0.234 e. The summed E-state index contributed by atoms with van der Waals surface area (Å²) in [5.74, 6) is 0.439. The van der Waals surface area contributed by atoms with E-state index in [2.05, 4.69) is 16.8 Å². The number of carbonyl (C=O) groups excluding carboxylic acids is 1. The fourth-order valence-corrected chi connectivity index (χ4v) is 3.38. The molecule has 102 valence electrons. The first kappa shape index (κ1) is 13.6. The van der Waals surface area contributed by atoms with Gasteiger partial charge in [-0.3, -0.25) is 9.69 Å². The molecular weight excluding hydrogens is 228 g/mol. The Labute approximate surface area is 109 Å². The Hall–Kier alpha value is -0.870. The topological polar surface area (TPSA) is 52.6 Å². The van der Waals surface area contributed by atoms with E-state index in [9.17, 15) is 9.90 Å². The molecule has 1 heterocycles. The lowest BCUT2D eigenvalue weighted by Crippen LogP contribution is -2.44. The van der Waals surface area contributed by atoms with Crippen molar-refractivity contribution < 1.29 is 9.90 Å². The molecule has 1 aliphatic heterocycles. The van der Waals surface area contributed by atoms with Gasteiger partial charge in [0.2, 0.25) is 5.91 Å². The third-order valence-corrected chi connectivity index (χ3v) is 4.23. The van der Waals surface area contributed by atoms with Gasteiger partial charge in [0, 0.05) is 18.5 Å². The van der Waals surface area contributed by atoms with Crippen molar-refractivity contribution >= 4 is 5.91 Å². The molecule has 0 radical (unpaired) electrons. The summed E-state index contributed by atoms with van der Waals surface area (Å²) >= 11 is 0. The first-order chi connectivity index (χ1) is 8.72. The Bertz CT molecular complexity index is 306. The van der Waals surface area contributed by atoms with Crippen molar-refractivity contribution in [3.05, 3.63) is 12.7 Å². The van der Waals surface area contributed by atoms with Crippen LogP contribution in [0.2, 0.25) is 0 Å². The number of carbonyl (C=O) groups is 1. The van der Waals surface area contributed by atoms with Crippen LogP contribution in [0, 0.1) is 5.92 Å². The molecule has 4 nitrogen and oxygen atoms in total. The number of amides is 1. The number of hydrogen-bond donors (Lipinski definition) is 2. The van der Waals surface area contributed by atoms with E-state index in [4.69, 9.17) is 0 Å². The monoisotopic (exact) mass is 252 g/mol. The SMILES string of the molecule is C=CCNC(=O)CN1CCCC1C1CCCC1O. The smallest absolute Gasteiger partial charge is 0.234 e. The molecule has 2 aliphatic rings. The van der Waals surface area contributed by atoms with E-state index < -0.39 is 0 Å². The number of nitrogens with one attached hydrogen (secondary N) is 1. The average molecular weight is 252 g/mol. The highest BCUT2D eigenvalue weighted by molar-refractivity contribution is 5.78. The van der Waals surface area contributed by atoms with Crippen molar-refractivity contribution in [2.75, 3.05) is 19.6 Å². The number of hydrogen-bond acceptors (Lipinski definition) is 3.